The molecule has 0 radical (unpaired) electrons. The smallest absolute Gasteiger partial charge is 0.307 e. The molecule has 0 N–H and O–H groups in total. The first-order valence-corrected chi connectivity index (χ1v) is 9.05. The minimum absolute atomic E-state index is 0.103. The van der Waals surface area contributed by atoms with Crippen LogP contribution < -0.4 is 0 Å². The number of hydrogen-bond acceptors (Lipinski definition) is 3. The highest BCUT2D eigenvalue weighted by Crippen LogP contribution is 2.19. The van der Waals surface area contributed by atoms with Crippen molar-refractivity contribution in [3.05, 3.63) is 69.7 Å². The van der Waals surface area contributed by atoms with Crippen LogP contribution in [0.1, 0.15) is 34.8 Å². The molecule has 2 aromatic rings. The monoisotopic (exact) mass is 403 g/mol. The molecule has 0 atom stereocenters. The normalized spacial score (nSPS) is 10.4. The summed E-state index contributed by atoms with van der Waals surface area (Å²) in [6.07, 6.45) is 0.180. The highest BCUT2D eigenvalue weighted by Gasteiger charge is 2.18. The quantitative estimate of drug-likeness (QED) is 0.645. The van der Waals surface area contributed by atoms with E-state index in [1.54, 1.807) is 11.8 Å². The van der Waals surface area contributed by atoms with Gasteiger partial charge in [-0.1, -0.05) is 52.3 Å². The Labute approximate surface area is 156 Å². The van der Waals surface area contributed by atoms with Gasteiger partial charge in [0.1, 0.15) is 0 Å². The van der Waals surface area contributed by atoms with Crippen LogP contribution in [0.2, 0.25) is 0 Å². The van der Waals surface area contributed by atoms with E-state index < -0.39 is 0 Å². The van der Waals surface area contributed by atoms with Crippen LogP contribution in [-0.4, -0.2) is 29.9 Å². The average Bonchev–Trinajstić information content (AvgIpc) is 2.61. The van der Waals surface area contributed by atoms with Crippen LogP contribution in [-0.2, 0) is 16.1 Å². The van der Waals surface area contributed by atoms with Crippen LogP contribution >= 0.6 is 15.9 Å². The molecule has 0 aliphatic heterocycles. The molecule has 0 aliphatic carbocycles. The predicted octanol–water partition coefficient (Wildman–Crippen LogP) is 4.35. The van der Waals surface area contributed by atoms with Gasteiger partial charge in [-0.2, -0.15) is 0 Å². The van der Waals surface area contributed by atoms with E-state index in [-0.39, 0.29) is 18.3 Å². The van der Waals surface area contributed by atoms with Gasteiger partial charge in [-0.15, -0.1) is 0 Å². The molecule has 4 nitrogen and oxygen atoms in total. The van der Waals surface area contributed by atoms with Crippen molar-refractivity contribution < 1.29 is 14.3 Å². The van der Waals surface area contributed by atoms with E-state index in [0.717, 1.165) is 15.6 Å². The summed E-state index contributed by atoms with van der Waals surface area (Å²) in [6.45, 7) is 4.86. The lowest BCUT2D eigenvalue weighted by atomic mass is 10.1. The zero-order chi connectivity index (χ0) is 18.2. The topological polar surface area (TPSA) is 46.6 Å². The van der Waals surface area contributed by atoms with Crippen molar-refractivity contribution >= 4 is 27.8 Å². The number of carbonyl (C=O) groups is 2. The van der Waals surface area contributed by atoms with Gasteiger partial charge in [-0.25, -0.2) is 0 Å². The van der Waals surface area contributed by atoms with Crippen molar-refractivity contribution in [2.45, 2.75) is 26.8 Å². The van der Waals surface area contributed by atoms with Crippen LogP contribution in [0.3, 0.4) is 0 Å². The van der Waals surface area contributed by atoms with Crippen molar-refractivity contribution in [3.63, 3.8) is 0 Å². The third kappa shape index (κ3) is 5.71. The number of benzene rings is 2. The molecule has 0 saturated heterocycles. The summed E-state index contributed by atoms with van der Waals surface area (Å²) < 4.78 is 5.87. The molecule has 0 bridgehead atoms. The molecule has 2 rings (SSSR count). The number of aryl methyl sites for hydroxylation is 1. The van der Waals surface area contributed by atoms with Gasteiger partial charge >= 0.3 is 5.97 Å². The minimum Gasteiger partial charge on any atom is -0.466 e. The Balaban J connectivity index is 2.18. The molecule has 132 valence electrons. The number of esters is 1. The van der Waals surface area contributed by atoms with Crippen LogP contribution in [0.5, 0.6) is 0 Å². The Bertz CT molecular complexity index is 731. The lowest BCUT2D eigenvalue weighted by molar-refractivity contribution is -0.143. The van der Waals surface area contributed by atoms with E-state index in [1.165, 1.54) is 0 Å². The van der Waals surface area contributed by atoms with Crippen molar-refractivity contribution in [2.24, 2.45) is 0 Å². The Morgan fingerprint density at radius 1 is 1.12 bits per heavy atom. The molecule has 0 aromatic heterocycles. The molecular formula is C20H22BrNO3. The van der Waals surface area contributed by atoms with Gasteiger partial charge in [-0.3, -0.25) is 9.59 Å². The molecule has 0 aliphatic rings. The zero-order valence-electron chi connectivity index (χ0n) is 14.5. The van der Waals surface area contributed by atoms with E-state index in [9.17, 15) is 9.59 Å². The van der Waals surface area contributed by atoms with E-state index in [0.29, 0.717) is 25.3 Å². The minimum atomic E-state index is -0.293. The van der Waals surface area contributed by atoms with Crippen molar-refractivity contribution in [1.29, 1.82) is 0 Å². The SMILES string of the molecule is CCOC(=O)CCN(Cc1ccccc1)C(=O)c1ccc(C)c(Br)c1. The van der Waals surface area contributed by atoms with Gasteiger partial charge in [0.25, 0.3) is 5.91 Å². The molecule has 1 amide bonds. The average molecular weight is 404 g/mol. The summed E-state index contributed by atoms with van der Waals surface area (Å²) >= 11 is 3.47. The summed E-state index contributed by atoms with van der Waals surface area (Å²) in [7, 11) is 0. The highest BCUT2D eigenvalue weighted by atomic mass is 79.9. The Morgan fingerprint density at radius 2 is 1.84 bits per heavy atom. The van der Waals surface area contributed by atoms with Crippen molar-refractivity contribution in [1.82, 2.24) is 4.90 Å². The van der Waals surface area contributed by atoms with Crippen LogP contribution in [0.25, 0.3) is 0 Å². The summed E-state index contributed by atoms with van der Waals surface area (Å²) in [4.78, 5) is 26.3. The molecule has 0 saturated carbocycles. The Morgan fingerprint density at radius 3 is 2.48 bits per heavy atom. The maximum Gasteiger partial charge on any atom is 0.307 e. The van der Waals surface area contributed by atoms with Crippen LogP contribution in [0.4, 0.5) is 0 Å². The number of hydrogen-bond donors (Lipinski definition) is 0. The largest absolute Gasteiger partial charge is 0.466 e. The van der Waals surface area contributed by atoms with Crippen LogP contribution in [0.15, 0.2) is 53.0 Å². The van der Waals surface area contributed by atoms with Gasteiger partial charge in [0.15, 0.2) is 0 Å². The van der Waals surface area contributed by atoms with Gasteiger partial charge in [0.05, 0.1) is 13.0 Å². The fourth-order valence-electron chi connectivity index (χ4n) is 2.42. The van der Waals surface area contributed by atoms with E-state index >= 15 is 0 Å². The van der Waals surface area contributed by atoms with Gasteiger partial charge in [0, 0.05) is 23.1 Å². The van der Waals surface area contributed by atoms with Crippen molar-refractivity contribution in [3.8, 4) is 0 Å². The Hall–Kier alpha value is -2.14. The fraction of sp³-hybridized carbons (Fsp3) is 0.300. The van der Waals surface area contributed by atoms with E-state index in [2.05, 4.69) is 15.9 Å². The maximum atomic E-state index is 12.9. The molecular weight excluding hydrogens is 382 g/mol. The number of amides is 1. The second-order valence-electron chi connectivity index (χ2n) is 5.73. The summed E-state index contributed by atoms with van der Waals surface area (Å²) in [5, 5.41) is 0. The fourth-order valence-corrected chi connectivity index (χ4v) is 2.80. The number of ether oxygens (including phenoxy) is 1. The maximum absolute atomic E-state index is 12.9. The van der Waals surface area contributed by atoms with Crippen molar-refractivity contribution in [2.75, 3.05) is 13.2 Å². The number of carbonyl (C=O) groups excluding carboxylic acids is 2. The first kappa shape index (κ1) is 19.2. The van der Waals surface area contributed by atoms with Crippen LogP contribution in [0, 0.1) is 6.92 Å². The van der Waals surface area contributed by atoms with Gasteiger partial charge < -0.3 is 9.64 Å². The summed E-state index contributed by atoms with van der Waals surface area (Å²) in [6, 6.07) is 15.3. The van der Waals surface area contributed by atoms with Gasteiger partial charge in [-0.05, 0) is 37.1 Å². The lowest BCUT2D eigenvalue weighted by Gasteiger charge is -2.23. The number of halogens is 1. The number of nitrogens with zero attached hydrogens (tertiary/aromatic N) is 1. The second-order valence-corrected chi connectivity index (χ2v) is 6.59. The molecule has 0 fully saturated rings. The Kier molecular flexibility index (Phi) is 7.19. The third-order valence-electron chi connectivity index (χ3n) is 3.81. The standard InChI is InChI=1S/C20H22BrNO3/c1-3-25-19(23)11-12-22(14-16-7-5-4-6-8-16)20(24)17-10-9-15(2)18(21)13-17/h4-10,13H,3,11-12,14H2,1-2H3. The molecule has 2 aromatic carbocycles. The van der Waals surface area contributed by atoms with E-state index in [4.69, 9.17) is 4.74 Å². The van der Waals surface area contributed by atoms with E-state index in [1.807, 2.05) is 55.5 Å². The molecule has 0 spiro atoms. The second kappa shape index (κ2) is 9.37. The predicted molar refractivity (Wildman–Crippen MR) is 101 cm³/mol. The first-order valence-electron chi connectivity index (χ1n) is 8.26. The van der Waals surface area contributed by atoms with Gasteiger partial charge in [0.2, 0.25) is 0 Å². The molecule has 5 heteroatoms. The number of rotatable bonds is 7. The third-order valence-corrected chi connectivity index (χ3v) is 4.67. The summed E-state index contributed by atoms with van der Waals surface area (Å²) in [5.74, 6) is -0.396. The highest BCUT2D eigenvalue weighted by molar-refractivity contribution is 9.10. The molecule has 0 heterocycles. The first-order chi connectivity index (χ1) is 12.0. The molecule has 25 heavy (non-hydrogen) atoms. The lowest BCUT2D eigenvalue weighted by Crippen LogP contribution is -2.33. The summed E-state index contributed by atoms with van der Waals surface area (Å²) in [5.41, 5.74) is 2.68. The zero-order valence-corrected chi connectivity index (χ0v) is 16.1. The molecule has 0 unspecified atom stereocenters.